The lowest BCUT2D eigenvalue weighted by molar-refractivity contribution is -0.167. The van der Waals surface area contributed by atoms with Crippen molar-refractivity contribution in [2.45, 2.75) is 25.2 Å². The molecule has 1 aromatic rings. The van der Waals surface area contributed by atoms with E-state index in [0.717, 1.165) is 4.90 Å². The Hall–Kier alpha value is -1.19. The minimum absolute atomic E-state index is 0.0352. The second kappa shape index (κ2) is 6.71. The van der Waals surface area contributed by atoms with E-state index in [2.05, 4.69) is 10.3 Å². The fourth-order valence-electron chi connectivity index (χ4n) is 2.12. The summed E-state index contributed by atoms with van der Waals surface area (Å²) in [5.74, 6) is -0.471. The Morgan fingerprint density at radius 3 is 3.05 bits per heavy atom. The number of alkyl halides is 3. The highest BCUT2D eigenvalue weighted by Gasteiger charge is 2.38. The van der Waals surface area contributed by atoms with Crippen LogP contribution in [0, 0.1) is 0 Å². The van der Waals surface area contributed by atoms with Crippen molar-refractivity contribution in [3.63, 3.8) is 0 Å². The first-order valence-electron chi connectivity index (χ1n) is 6.45. The van der Waals surface area contributed by atoms with E-state index in [4.69, 9.17) is 4.74 Å². The van der Waals surface area contributed by atoms with E-state index in [1.54, 1.807) is 18.5 Å². The summed E-state index contributed by atoms with van der Waals surface area (Å²) in [4.78, 5) is 17.4. The minimum atomic E-state index is -4.34. The van der Waals surface area contributed by atoms with Crippen LogP contribution in [0.5, 0.6) is 0 Å². The molecule has 1 saturated heterocycles. The number of morpholine rings is 1. The van der Waals surface area contributed by atoms with E-state index < -0.39 is 24.7 Å². The maximum atomic E-state index is 12.5. The molecular weight excluding hydrogens is 307 g/mol. The van der Waals surface area contributed by atoms with Crippen LogP contribution in [0.25, 0.3) is 0 Å². The number of halogens is 3. The minimum Gasteiger partial charge on any atom is -0.378 e. The van der Waals surface area contributed by atoms with Crippen molar-refractivity contribution in [2.75, 3.05) is 26.3 Å². The second-order valence-electron chi connectivity index (χ2n) is 4.78. The molecule has 0 bridgehead atoms. The average Bonchev–Trinajstić information content (AvgIpc) is 2.91. The van der Waals surface area contributed by atoms with Crippen LogP contribution in [-0.4, -0.2) is 54.3 Å². The smallest absolute Gasteiger partial charge is 0.378 e. The summed E-state index contributed by atoms with van der Waals surface area (Å²) >= 11 is 1.38. The van der Waals surface area contributed by atoms with Gasteiger partial charge in [0, 0.05) is 18.1 Å². The molecule has 0 aromatic carbocycles. The van der Waals surface area contributed by atoms with Crippen LogP contribution >= 0.6 is 11.3 Å². The predicted molar refractivity (Wildman–Crippen MR) is 70.9 cm³/mol. The van der Waals surface area contributed by atoms with Crippen molar-refractivity contribution < 1.29 is 22.7 Å². The fourth-order valence-corrected chi connectivity index (χ4v) is 2.76. The third-order valence-corrected chi connectivity index (χ3v) is 4.06. The lowest BCUT2D eigenvalue weighted by Crippen LogP contribution is -2.56. The molecule has 1 aliphatic rings. The highest BCUT2D eigenvalue weighted by Crippen LogP contribution is 2.21. The molecule has 1 aliphatic heterocycles. The van der Waals surface area contributed by atoms with E-state index in [-0.39, 0.29) is 25.8 Å². The molecule has 0 unspecified atom stereocenters. The monoisotopic (exact) mass is 323 g/mol. The molecule has 21 heavy (non-hydrogen) atoms. The number of carbonyl (C=O) groups excluding carboxylic acids is 1. The number of amides is 1. The first kappa shape index (κ1) is 16.2. The normalized spacial score (nSPS) is 22.0. The van der Waals surface area contributed by atoms with Crippen molar-refractivity contribution in [1.29, 1.82) is 0 Å². The molecule has 0 radical (unpaired) electrons. The van der Waals surface area contributed by atoms with Gasteiger partial charge in [-0.3, -0.25) is 9.69 Å². The molecule has 0 saturated carbocycles. The molecule has 5 nitrogen and oxygen atoms in total. The van der Waals surface area contributed by atoms with Crippen LogP contribution in [0.1, 0.15) is 18.0 Å². The number of hydrogen-bond acceptors (Lipinski definition) is 5. The van der Waals surface area contributed by atoms with Gasteiger partial charge in [0.1, 0.15) is 11.0 Å². The molecule has 0 aliphatic carbocycles. The maximum absolute atomic E-state index is 12.5. The number of nitrogens with one attached hydrogen (secondary N) is 1. The quantitative estimate of drug-likeness (QED) is 0.914. The van der Waals surface area contributed by atoms with Gasteiger partial charge >= 0.3 is 6.18 Å². The molecule has 2 heterocycles. The summed E-state index contributed by atoms with van der Waals surface area (Å²) in [5, 5.41) is 5.17. The highest BCUT2D eigenvalue weighted by molar-refractivity contribution is 7.09. The average molecular weight is 323 g/mol. The summed E-state index contributed by atoms with van der Waals surface area (Å²) < 4.78 is 42.8. The largest absolute Gasteiger partial charge is 0.401 e. The van der Waals surface area contributed by atoms with Crippen molar-refractivity contribution in [2.24, 2.45) is 0 Å². The number of carbonyl (C=O) groups is 1. The number of rotatable bonds is 4. The van der Waals surface area contributed by atoms with Gasteiger partial charge < -0.3 is 10.1 Å². The number of ether oxygens (including phenoxy) is 1. The summed E-state index contributed by atoms with van der Waals surface area (Å²) in [6.45, 7) is 0.881. The third-order valence-electron chi connectivity index (χ3n) is 3.10. The lowest BCUT2D eigenvalue weighted by atomic mass is 10.2. The number of aromatic nitrogens is 1. The van der Waals surface area contributed by atoms with Gasteiger partial charge in [0.25, 0.3) is 0 Å². The van der Waals surface area contributed by atoms with Crippen LogP contribution in [0.4, 0.5) is 13.2 Å². The van der Waals surface area contributed by atoms with Gasteiger partial charge in [-0.15, -0.1) is 11.3 Å². The molecule has 2 atom stereocenters. The van der Waals surface area contributed by atoms with Crippen molar-refractivity contribution in [1.82, 2.24) is 15.2 Å². The lowest BCUT2D eigenvalue weighted by Gasteiger charge is -2.35. The van der Waals surface area contributed by atoms with E-state index >= 15 is 0 Å². The predicted octanol–water partition coefficient (Wildman–Crippen LogP) is 1.58. The number of hydrogen-bond donors (Lipinski definition) is 1. The maximum Gasteiger partial charge on any atom is 0.401 e. The Labute approximate surface area is 124 Å². The van der Waals surface area contributed by atoms with Gasteiger partial charge in [-0.25, -0.2) is 4.98 Å². The second-order valence-corrected chi connectivity index (χ2v) is 5.70. The van der Waals surface area contributed by atoms with Crippen molar-refractivity contribution in [3.8, 4) is 0 Å². The number of thiazole rings is 1. The van der Waals surface area contributed by atoms with Gasteiger partial charge in [0.2, 0.25) is 5.91 Å². The van der Waals surface area contributed by atoms with E-state index in [9.17, 15) is 18.0 Å². The van der Waals surface area contributed by atoms with Crippen LogP contribution in [0.15, 0.2) is 11.6 Å². The first-order valence-corrected chi connectivity index (χ1v) is 7.33. The summed E-state index contributed by atoms with van der Waals surface area (Å²) in [5.41, 5.74) is 0. The molecule has 0 spiro atoms. The summed E-state index contributed by atoms with van der Waals surface area (Å²) in [6, 6.07) is -1.27. The van der Waals surface area contributed by atoms with Crippen molar-refractivity contribution >= 4 is 17.2 Å². The molecular formula is C12H16F3N3O2S. The highest BCUT2D eigenvalue weighted by atomic mass is 32.1. The molecule has 1 aromatic heterocycles. The van der Waals surface area contributed by atoms with E-state index in [0.29, 0.717) is 5.01 Å². The van der Waals surface area contributed by atoms with Gasteiger partial charge in [-0.05, 0) is 6.92 Å². The summed E-state index contributed by atoms with van der Waals surface area (Å²) in [6.07, 6.45) is -2.72. The Morgan fingerprint density at radius 2 is 2.43 bits per heavy atom. The topological polar surface area (TPSA) is 54.5 Å². The van der Waals surface area contributed by atoms with E-state index in [1.807, 2.05) is 0 Å². The van der Waals surface area contributed by atoms with Crippen LogP contribution in [0.2, 0.25) is 0 Å². The Balaban J connectivity index is 1.98. The SMILES string of the molecule is C[C@@H](NC(=O)[C@H]1COCCN1CC(F)(F)F)c1nccs1. The van der Waals surface area contributed by atoms with Crippen LogP contribution in [0.3, 0.4) is 0 Å². The third kappa shape index (κ3) is 4.65. The first-order chi connectivity index (χ1) is 9.87. The van der Waals surface area contributed by atoms with Gasteiger partial charge in [0.15, 0.2) is 0 Å². The van der Waals surface area contributed by atoms with Gasteiger partial charge in [-0.2, -0.15) is 13.2 Å². The zero-order valence-electron chi connectivity index (χ0n) is 11.4. The Kier molecular flexibility index (Phi) is 5.17. The zero-order valence-corrected chi connectivity index (χ0v) is 12.2. The van der Waals surface area contributed by atoms with Gasteiger partial charge in [0.05, 0.1) is 25.8 Å². The Morgan fingerprint density at radius 1 is 1.67 bits per heavy atom. The molecule has 2 rings (SSSR count). The molecule has 9 heteroatoms. The number of nitrogens with zero attached hydrogens (tertiary/aromatic N) is 2. The van der Waals surface area contributed by atoms with Crippen molar-refractivity contribution in [3.05, 3.63) is 16.6 Å². The zero-order chi connectivity index (χ0) is 15.5. The fraction of sp³-hybridized carbons (Fsp3) is 0.667. The molecule has 1 N–H and O–H groups in total. The van der Waals surface area contributed by atoms with E-state index in [1.165, 1.54) is 11.3 Å². The Bertz CT molecular complexity index is 467. The summed E-state index contributed by atoms with van der Waals surface area (Å²) in [7, 11) is 0. The molecule has 1 amide bonds. The molecule has 118 valence electrons. The van der Waals surface area contributed by atoms with Gasteiger partial charge in [-0.1, -0.05) is 0 Å². The van der Waals surface area contributed by atoms with Crippen LogP contribution < -0.4 is 5.32 Å². The molecule has 1 fully saturated rings. The van der Waals surface area contributed by atoms with Crippen LogP contribution in [-0.2, 0) is 9.53 Å². The standard InChI is InChI=1S/C12H16F3N3O2S/c1-8(11-16-2-5-21-11)17-10(19)9-6-20-4-3-18(9)7-12(13,14)15/h2,5,8-9H,3-4,6-7H2,1H3,(H,17,19)/t8-,9-/m1/s1.